The van der Waals surface area contributed by atoms with Crippen molar-refractivity contribution >= 4 is 52.5 Å². The van der Waals surface area contributed by atoms with Gasteiger partial charge >= 0.3 is 0 Å². The Kier molecular flexibility index (Phi) is 16.2. The van der Waals surface area contributed by atoms with Gasteiger partial charge in [-0.15, -0.1) is 11.3 Å². The molecular weight excluding hydrogens is 897 g/mol. The van der Waals surface area contributed by atoms with E-state index >= 15 is 0 Å². The van der Waals surface area contributed by atoms with Crippen molar-refractivity contribution in [3.05, 3.63) is 100 Å². The van der Waals surface area contributed by atoms with Gasteiger partial charge in [0.15, 0.2) is 0 Å². The van der Waals surface area contributed by atoms with E-state index in [1.165, 1.54) is 4.90 Å². The molecule has 0 bridgehead atoms. The van der Waals surface area contributed by atoms with Gasteiger partial charge in [0.25, 0.3) is 0 Å². The van der Waals surface area contributed by atoms with Crippen LogP contribution in [0.4, 0.5) is 5.69 Å². The summed E-state index contributed by atoms with van der Waals surface area (Å²) < 4.78 is 6.17. The first-order valence-electron chi connectivity index (χ1n) is 24.0. The summed E-state index contributed by atoms with van der Waals surface area (Å²) in [4.78, 5) is 88.8. The average Bonchev–Trinajstić information content (AvgIpc) is 4.03. The van der Waals surface area contributed by atoms with Crippen LogP contribution in [0.1, 0.15) is 107 Å². The van der Waals surface area contributed by atoms with E-state index < -0.39 is 53.5 Å². The lowest BCUT2D eigenvalue weighted by molar-refractivity contribution is -0.144. The lowest BCUT2D eigenvalue weighted by atomic mass is 9.85. The Hall–Kier alpha value is -6.17. The summed E-state index contributed by atoms with van der Waals surface area (Å²) in [7, 11) is 0. The van der Waals surface area contributed by atoms with Crippen LogP contribution >= 0.6 is 11.3 Å². The van der Waals surface area contributed by atoms with Gasteiger partial charge in [0.05, 0.1) is 46.0 Å². The molecule has 8 N–H and O–H groups in total. The summed E-state index contributed by atoms with van der Waals surface area (Å²) in [5.41, 5.74) is 19.4. The van der Waals surface area contributed by atoms with Gasteiger partial charge in [-0.1, -0.05) is 75.4 Å². The number of hydrogen-bond donors (Lipinski definition) is 6. The second-order valence-corrected chi connectivity index (χ2v) is 20.6. The van der Waals surface area contributed by atoms with Crippen molar-refractivity contribution in [1.29, 1.82) is 0 Å². The average molecular weight is 963 g/mol. The number of benzene rings is 3. The number of aliphatic hydroxyl groups is 1. The number of β-amino-alcohol motifs (C(OH)–C–C–N with tert-alkyl or cyclic N) is 1. The van der Waals surface area contributed by atoms with Crippen molar-refractivity contribution in [3.8, 4) is 16.2 Å². The maximum atomic E-state index is 14.2. The fourth-order valence-corrected chi connectivity index (χ4v) is 10.3. The standard InChI is InChI=1S/C52H66N8O8S/c1-30(33-16-18-35(19-17-33)46-31(2)55-29-69-46)56-48(64)41-26-38(61)27-59(41)51(67)47(52(3,4)5)58-44(63)15-7-6-10-32-11-8-14-39(24-32)68-28-37(21-23-43(54)62)57-49(65)42-25-36-13-9-12-34-20-22-40(53)50(66)60(42)45(34)36/h8-9,11-14,16-19,24,29-30,37-38,40-42,47,61H,6-7,10,15,20-23,25-28,53H2,1-5H3,(H2,54,62)(H,56,64)(H,57,65)(H,58,63)/t30-,37-,38+,40-,41?,42-,47+/m0/s1. The van der Waals surface area contributed by atoms with Gasteiger partial charge in [0, 0.05) is 32.2 Å². The Morgan fingerprint density at radius 2 is 1.67 bits per heavy atom. The predicted octanol–water partition coefficient (Wildman–Crippen LogP) is 4.56. The highest BCUT2D eigenvalue weighted by atomic mass is 32.1. The summed E-state index contributed by atoms with van der Waals surface area (Å²) in [6.07, 6.45) is 2.98. The van der Waals surface area contributed by atoms with Crippen LogP contribution < -0.4 is 37.1 Å². The van der Waals surface area contributed by atoms with E-state index in [0.717, 1.165) is 44.1 Å². The van der Waals surface area contributed by atoms with Gasteiger partial charge in [0.2, 0.25) is 35.4 Å². The molecule has 17 heteroatoms. The highest BCUT2D eigenvalue weighted by Crippen LogP contribution is 2.39. The quantitative estimate of drug-likeness (QED) is 0.0717. The zero-order valence-corrected chi connectivity index (χ0v) is 41.0. The van der Waals surface area contributed by atoms with Crippen molar-refractivity contribution in [2.45, 2.75) is 141 Å². The minimum absolute atomic E-state index is 0.0189. The molecule has 1 fully saturated rings. The maximum Gasteiger partial charge on any atom is 0.246 e. The molecule has 1 unspecified atom stereocenters. The van der Waals surface area contributed by atoms with Crippen LogP contribution in [0.2, 0.25) is 0 Å². The van der Waals surface area contributed by atoms with Crippen LogP contribution in [0.5, 0.6) is 5.75 Å². The summed E-state index contributed by atoms with van der Waals surface area (Å²) in [5.74, 6) is -1.67. The maximum absolute atomic E-state index is 14.2. The van der Waals surface area contributed by atoms with E-state index in [-0.39, 0.29) is 68.5 Å². The van der Waals surface area contributed by atoms with E-state index in [2.05, 4.69) is 20.9 Å². The molecule has 7 rings (SSSR count). The van der Waals surface area contributed by atoms with E-state index in [1.54, 1.807) is 22.3 Å². The third-order valence-electron chi connectivity index (χ3n) is 13.4. The number of nitrogens with two attached hydrogens (primary N) is 2. The van der Waals surface area contributed by atoms with Crippen LogP contribution in [0.25, 0.3) is 10.4 Å². The number of carbonyl (C=O) groups is 6. The van der Waals surface area contributed by atoms with E-state index in [0.29, 0.717) is 44.3 Å². The van der Waals surface area contributed by atoms with Crippen LogP contribution in [-0.4, -0.2) is 99.9 Å². The Morgan fingerprint density at radius 1 is 0.942 bits per heavy atom. The number of aliphatic hydroxyl groups excluding tert-OH is 1. The number of carbonyl (C=O) groups excluding carboxylic acids is 6. The molecule has 368 valence electrons. The van der Waals surface area contributed by atoms with Crippen LogP contribution in [0, 0.1) is 12.3 Å². The first-order chi connectivity index (χ1) is 32.9. The first kappa shape index (κ1) is 50.7. The fourth-order valence-electron chi connectivity index (χ4n) is 9.52. The minimum atomic E-state index is -0.936. The van der Waals surface area contributed by atoms with Crippen molar-refractivity contribution in [2.24, 2.45) is 16.9 Å². The molecule has 3 aromatic carbocycles. The number of rotatable bonds is 19. The zero-order valence-electron chi connectivity index (χ0n) is 40.2. The van der Waals surface area contributed by atoms with Gasteiger partial charge in [-0.25, -0.2) is 4.98 Å². The molecule has 3 aliphatic heterocycles. The molecule has 4 heterocycles. The molecule has 1 aromatic heterocycles. The Bertz CT molecular complexity index is 2520. The molecule has 69 heavy (non-hydrogen) atoms. The van der Waals surface area contributed by atoms with Crippen molar-refractivity contribution < 1.29 is 38.6 Å². The number of amides is 6. The summed E-state index contributed by atoms with van der Waals surface area (Å²) in [5, 5.41) is 19.7. The second-order valence-electron chi connectivity index (χ2n) is 19.8. The van der Waals surface area contributed by atoms with Crippen LogP contribution in [-0.2, 0) is 48.0 Å². The molecule has 0 spiro atoms. The molecule has 16 nitrogen and oxygen atoms in total. The van der Waals surface area contributed by atoms with Crippen LogP contribution in [0.15, 0.2) is 72.2 Å². The largest absolute Gasteiger partial charge is 0.491 e. The highest BCUT2D eigenvalue weighted by Gasteiger charge is 2.45. The Balaban J connectivity index is 0.893. The van der Waals surface area contributed by atoms with Crippen molar-refractivity contribution in [3.63, 3.8) is 0 Å². The van der Waals surface area contributed by atoms with Gasteiger partial charge in [-0.05, 0) is 97.7 Å². The van der Waals surface area contributed by atoms with Crippen molar-refractivity contribution in [2.75, 3.05) is 18.1 Å². The normalized spacial score (nSPS) is 20.1. The molecule has 0 radical (unpaired) electrons. The minimum Gasteiger partial charge on any atom is -0.491 e. The monoisotopic (exact) mass is 962 g/mol. The summed E-state index contributed by atoms with van der Waals surface area (Å²) in [6, 6.07) is 17.0. The second kappa shape index (κ2) is 22.1. The number of primary amides is 1. The number of para-hydroxylation sites is 1. The number of hydrogen-bond acceptors (Lipinski definition) is 11. The number of nitrogens with one attached hydrogen (secondary N) is 3. The summed E-state index contributed by atoms with van der Waals surface area (Å²) >= 11 is 1.57. The number of unbranched alkanes of at least 4 members (excludes halogenated alkanes) is 1. The number of anilines is 1. The molecule has 6 amide bonds. The number of aromatic nitrogens is 1. The van der Waals surface area contributed by atoms with Gasteiger partial charge in [-0.3, -0.25) is 33.7 Å². The first-order valence-corrected chi connectivity index (χ1v) is 24.8. The van der Waals surface area contributed by atoms with Crippen molar-refractivity contribution in [1.82, 2.24) is 25.8 Å². The fraction of sp³-hybridized carbons (Fsp3) is 0.481. The zero-order chi connectivity index (χ0) is 49.6. The lowest BCUT2D eigenvalue weighted by Crippen LogP contribution is -2.57. The topological polar surface area (TPSA) is 239 Å². The van der Waals surface area contributed by atoms with Gasteiger partial charge < -0.3 is 42.2 Å². The Labute approximate surface area is 407 Å². The number of likely N-dealkylation sites (tertiary alicyclic amines) is 1. The molecule has 0 aliphatic carbocycles. The highest BCUT2D eigenvalue weighted by molar-refractivity contribution is 7.13. The molecule has 0 saturated carbocycles. The predicted molar refractivity (Wildman–Crippen MR) is 264 cm³/mol. The number of aryl methyl sites for hydroxylation is 3. The van der Waals surface area contributed by atoms with Gasteiger partial charge in [-0.2, -0.15) is 0 Å². The SMILES string of the molecule is Cc1ncsc1-c1ccc([C@H](C)NC(=O)C2C[C@@H](O)CN2C(=O)[C@@H](NC(=O)CCCCc2cccc(OC[C@H](CCC(N)=O)NC(=O)[C@@H]3Cc4cccc5c4N3C(=O)[C@@H](N)CC5)c2)C(C)(C)C)cc1. The van der Waals surface area contributed by atoms with E-state index in [1.807, 2.05) is 101 Å². The number of ether oxygens (including phenoxy) is 1. The van der Waals surface area contributed by atoms with E-state index in [9.17, 15) is 33.9 Å². The third kappa shape index (κ3) is 12.4. The summed E-state index contributed by atoms with van der Waals surface area (Å²) in [6.45, 7) is 9.45. The molecular formula is C52H66N8O8S. The van der Waals surface area contributed by atoms with E-state index in [4.69, 9.17) is 16.2 Å². The molecule has 7 atom stereocenters. The molecule has 1 saturated heterocycles. The number of nitrogens with zero attached hydrogens (tertiary/aromatic N) is 3. The number of thiazole rings is 1. The van der Waals surface area contributed by atoms with Crippen LogP contribution in [0.3, 0.4) is 0 Å². The van der Waals surface area contributed by atoms with Gasteiger partial charge in [0.1, 0.15) is 30.5 Å². The third-order valence-corrected chi connectivity index (χ3v) is 14.3. The smallest absolute Gasteiger partial charge is 0.246 e. The molecule has 4 aromatic rings. The Morgan fingerprint density at radius 3 is 2.38 bits per heavy atom. The molecule has 3 aliphatic rings. The lowest BCUT2D eigenvalue weighted by Gasteiger charge is -2.35.